The zero-order chi connectivity index (χ0) is 99.9. The fourth-order valence-electron chi connectivity index (χ4n) is 12.2. The lowest BCUT2D eigenvalue weighted by molar-refractivity contribution is -0.141. The maximum atomic E-state index is 14.5. The molecule has 0 saturated heterocycles. The molecule has 0 radical (unpaired) electrons. The average molecular weight is 1870 g/mol. The number of hydrogen-bond acceptors (Lipinski definition) is 27. The highest BCUT2D eigenvalue weighted by Crippen LogP contribution is 2.16. The number of aliphatic carboxylic acids is 1. The van der Waals surface area contributed by atoms with Crippen LogP contribution in [0.2, 0.25) is 0 Å². The van der Waals surface area contributed by atoms with E-state index in [1.165, 1.54) is 45.0 Å². The van der Waals surface area contributed by atoms with Crippen molar-refractivity contribution >= 4 is 130 Å². The molecule has 2 aromatic carbocycles. The first kappa shape index (κ1) is 114. The van der Waals surface area contributed by atoms with E-state index in [4.69, 9.17) is 50.6 Å². The summed E-state index contributed by atoms with van der Waals surface area (Å²) in [6.45, 7) is 9.19. The molecule has 2 rings (SSSR count). The van der Waals surface area contributed by atoms with Crippen molar-refractivity contribution in [3.8, 4) is 5.75 Å². The van der Waals surface area contributed by atoms with Gasteiger partial charge in [0.25, 0.3) is 0 Å². The number of carbonyl (C=O) groups excluding carboxylic acids is 18. The standard InChI is InChI=1S/C80H130N28O24/c1-10-37(3)60(63(83)118)106-66(121)41(7)96-72(127)52(32-55(81)113)103-69(124)49(22-17-29-92-80(88)89)100-68(123)47(20-15-27-90-78(84)85)98-57(115)35-94-76(131)62(43(9)111)108-70(125)48(21-16-28-91-79(86)87)99-56(114)34-93-67(122)54(36-109)105-65(120)40(6)97-77(132)61(38(4)11-2)107-74(129)51(30-44-18-13-12-14-19-44)102-73(128)53(33-58(116)117)101-64(119)39(5)95-71(126)50(104-75(130)59(82)42(8)110)31-45-23-25-46(112)26-24-45/h12-14,18-19,23-26,37-43,47-54,59-62,109-112H,10-11,15-17,20-22,27-36,82H2,1-9H3,(H2,81,113)(H2,83,118)(H,93,122)(H,94,131)(H,95,126)(H,96,127)(H,97,132)(H,98,115)(H,99,114)(H,100,123)(H,101,119)(H,102,128)(H,103,124)(H,104,130)(H,105,120)(H,106,121)(H,107,129)(H,108,125)(H,116,117)(H4,84,85,90)(H4,86,87,91)(H4,88,89,92)/t37-,38-,39-,40-,41-,42+,43+,47-,48-,49-,50?,51-,52-,53-,54-,59-,60-,61-,62-/m0/s1. The molecule has 1 unspecified atom stereocenters. The lowest BCUT2D eigenvalue weighted by Gasteiger charge is -2.29. The smallest absolute Gasteiger partial charge is 0.305 e. The number of aliphatic hydroxyl groups excluding tert-OH is 3. The van der Waals surface area contributed by atoms with Crippen molar-refractivity contribution in [1.82, 2.24) is 101 Å². The number of primary amides is 2. The molecule has 0 spiro atoms. The van der Waals surface area contributed by atoms with Crippen LogP contribution in [0.3, 0.4) is 0 Å². The second-order valence-corrected chi connectivity index (χ2v) is 31.3. The minimum absolute atomic E-state index is 0.0108. The third-order valence-electron chi connectivity index (χ3n) is 20.3. The molecule has 2 aromatic rings. The molecule has 0 fully saturated rings. The predicted molar refractivity (Wildman–Crippen MR) is 472 cm³/mol. The van der Waals surface area contributed by atoms with Crippen LogP contribution in [-0.2, 0) is 104 Å². The Morgan fingerprint density at radius 3 is 1.12 bits per heavy atom. The summed E-state index contributed by atoms with van der Waals surface area (Å²) >= 11 is 0. The Hall–Kier alpha value is -14.2. The van der Waals surface area contributed by atoms with Crippen molar-refractivity contribution < 1.29 is 117 Å². The van der Waals surface area contributed by atoms with Gasteiger partial charge < -0.3 is 161 Å². The minimum Gasteiger partial charge on any atom is -0.508 e. The molecule has 0 aliphatic carbocycles. The molecule has 0 aromatic heterocycles. The van der Waals surface area contributed by atoms with Crippen LogP contribution in [-0.4, -0.2) is 298 Å². The third-order valence-corrected chi connectivity index (χ3v) is 20.3. The van der Waals surface area contributed by atoms with Gasteiger partial charge in [0.2, 0.25) is 106 Å². The summed E-state index contributed by atoms with van der Waals surface area (Å²) in [5, 5.41) is 119. The Morgan fingerprint density at radius 2 is 0.697 bits per heavy atom. The molecule has 0 heterocycles. The number of aromatic hydroxyl groups is 1. The van der Waals surface area contributed by atoms with E-state index < -0.39 is 277 Å². The van der Waals surface area contributed by atoms with E-state index in [1.54, 1.807) is 58.0 Å². The van der Waals surface area contributed by atoms with E-state index in [-0.39, 0.29) is 83.2 Å². The Kier molecular flexibility index (Phi) is 50.4. The highest BCUT2D eigenvalue weighted by Gasteiger charge is 2.39. The average Bonchev–Trinajstić information content (AvgIpc) is 0.820. The Balaban J connectivity index is 2.34. The van der Waals surface area contributed by atoms with Crippen LogP contribution < -0.4 is 135 Å². The molecule has 19 atom stereocenters. The predicted octanol–water partition coefficient (Wildman–Crippen LogP) is -11.9. The zero-order valence-electron chi connectivity index (χ0n) is 74.9. The summed E-state index contributed by atoms with van der Waals surface area (Å²) in [5.74, 6) is -23.6. The van der Waals surface area contributed by atoms with E-state index in [9.17, 15) is 117 Å². The summed E-state index contributed by atoms with van der Waals surface area (Å²) in [5.41, 5.74) is 33.9. The highest BCUT2D eigenvalue weighted by molar-refractivity contribution is 6.02. The first-order valence-electron chi connectivity index (χ1n) is 42.3. The number of carbonyl (C=O) groups is 19. The van der Waals surface area contributed by atoms with Gasteiger partial charge in [-0.25, -0.2) is 0 Å². The molecule has 0 saturated carbocycles. The molecule has 39 N–H and O–H groups in total. The van der Waals surface area contributed by atoms with Gasteiger partial charge in [-0.15, -0.1) is 0 Å². The number of amides is 18. The first-order valence-corrected chi connectivity index (χ1v) is 42.3. The van der Waals surface area contributed by atoms with Crippen molar-refractivity contribution in [1.29, 1.82) is 16.2 Å². The summed E-state index contributed by atoms with van der Waals surface area (Å²) in [6, 6.07) is -10.6. The lowest BCUT2D eigenvalue weighted by atomic mass is 9.96. The van der Waals surface area contributed by atoms with Crippen LogP contribution in [0.1, 0.15) is 138 Å². The number of phenols is 1. The Bertz CT molecular complexity index is 4320. The second kappa shape index (κ2) is 58.4. The summed E-state index contributed by atoms with van der Waals surface area (Å²) in [6.07, 6.45) is -5.85. The molecule has 0 aliphatic rings. The van der Waals surface area contributed by atoms with E-state index in [1.807, 2.05) is 0 Å². The van der Waals surface area contributed by atoms with Crippen LogP contribution in [0.15, 0.2) is 54.6 Å². The monoisotopic (exact) mass is 1870 g/mol. The number of phenolic OH excluding ortho intramolecular Hbond substituents is 1. The van der Waals surface area contributed by atoms with Gasteiger partial charge in [-0.3, -0.25) is 107 Å². The lowest BCUT2D eigenvalue weighted by Crippen LogP contribution is -2.61. The number of carboxylic acids is 1. The van der Waals surface area contributed by atoms with Crippen molar-refractivity contribution in [2.24, 2.45) is 46.2 Å². The topological polar surface area (TPSA) is 882 Å². The molecular formula is C80H130N28O24. The van der Waals surface area contributed by atoms with E-state index in [2.05, 4.69) is 101 Å². The van der Waals surface area contributed by atoms with Gasteiger partial charge in [0.1, 0.15) is 96.4 Å². The van der Waals surface area contributed by atoms with Crippen LogP contribution in [0.5, 0.6) is 5.75 Å². The van der Waals surface area contributed by atoms with Crippen LogP contribution in [0.25, 0.3) is 0 Å². The molecule has 0 bridgehead atoms. The van der Waals surface area contributed by atoms with Crippen LogP contribution >= 0.6 is 0 Å². The van der Waals surface area contributed by atoms with Crippen molar-refractivity contribution in [3.63, 3.8) is 0 Å². The SMILES string of the molecule is CC[C@H](C)[C@H](NC(=O)[C@H](C)NC(=O)[C@H](CC(N)=O)NC(=O)[C@H](CCCNC(=N)N)NC(=O)[C@H](CCCNC(=N)N)NC(=O)CNC(=O)[C@@H](NC(=O)[C@H](CCCNC(=N)N)NC(=O)CNC(=O)[C@H](CO)NC(=O)[C@H](C)NC(=O)[C@@H](NC(=O)[C@H](Cc1ccccc1)NC(=O)[C@H](CC(=O)O)NC(=O)[C@H](C)NC(=O)C(Cc1ccc(O)cc1)NC(=O)[C@@H](N)[C@@H](C)O)[C@@H](C)CC)[C@@H](C)O)C(N)=O. The zero-order valence-corrected chi connectivity index (χ0v) is 74.9. The van der Waals surface area contributed by atoms with Crippen LogP contribution in [0, 0.1) is 28.1 Å². The minimum atomic E-state index is -1.94. The molecule has 734 valence electrons. The number of benzene rings is 2. The quantitative estimate of drug-likeness (QED) is 0.0166. The fraction of sp³-hybridized carbons (Fsp3) is 0.575. The van der Waals surface area contributed by atoms with Gasteiger partial charge in [0.15, 0.2) is 17.9 Å². The van der Waals surface area contributed by atoms with E-state index in [0.29, 0.717) is 17.5 Å². The van der Waals surface area contributed by atoms with Crippen molar-refractivity contribution in [3.05, 3.63) is 65.7 Å². The summed E-state index contributed by atoms with van der Waals surface area (Å²) < 4.78 is 0. The van der Waals surface area contributed by atoms with Gasteiger partial charge in [-0.1, -0.05) is 83.0 Å². The maximum Gasteiger partial charge on any atom is 0.305 e. The largest absolute Gasteiger partial charge is 0.508 e. The number of nitrogens with two attached hydrogens (primary N) is 6. The third kappa shape index (κ3) is 42.8. The summed E-state index contributed by atoms with van der Waals surface area (Å²) in [7, 11) is 0. The first-order chi connectivity index (χ1) is 61.9. The van der Waals surface area contributed by atoms with E-state index in [0.717, 1.165) is 13.8 Å². The highest BCUT2D eigenvalue weighted by atomic mass is 16.4. The molecule has 0 aliphatic heterocycles. The van der Waals surface area contributed by atoms with Gasteiger partial charge in [0.05, 0.1) is 44.7 Å². The fourth-order valence-corrected chi connectivity index (χ4v) is 12.2. The van der Waals surface area contributed by atoms with Gasteiger partial charge in [-0.05, 0) is 108 Å². The number of carboxylic acid groups (broad SMARTS) is 1. The van der Waals surface area contributed by atoms with Gasteiger partial charge in [-0.2, -0.15) is 0 Å². The number of hydrogen-bond donors (Lipinski definition) is 33. The van der Waals surface area contributed by atoms with Gasteiger partial charge in [0, 0.05) is 32.5 Å². The normalized spacial score (nSPS) is 15.2. The molecular weight excluding hydrogens is 1740 g/mol. The second-order valence-electron chi connectivity index (χ2n) is 31.3. The number of rotatable bonds is 60. The summed E-state index contributed by atoms with van der Waals surface area (Å²) in [4.78, 5) is 258. The molecule has 132 heavy (non-hydrogen) atoms. The number of guanidine groups is 3. The molecule has 52 nitrogen and oxygen atoms in total. The number of aliphatic hydroxyl groups is 3. The van der Waals surface area contributed by atoms with Crippen LogP contribution in [0.4, 0.5) is 0 Å². The Labute approximate surface area is 760 Å². The maximum absolute atomic E-state index is 14.5. The van der Waals surface area contributed by atoms with Gasteiger partial charge >= 0.3 is 5.97 Å². The Morgan fingerprint density at radius 1 is 0.356 bits per heavy atom. The van der Waals surface area contributed by atoms with Crippen molar-refractivity contribution in [2.45, 2.75) is 242 Å². The van der Waals surface area contributed by atoms with E-state index >= 15 is 0 Å². The molecule has 18 amide bonds. The number of nitrogens with one attached hydrogen (secondary N) is 22. The molecule has 52 heteroatoms. The van der Waals surface area contributed by atoms with Crippen molar-refractivity contribution in [2.75, 3.05) is 39.3 Å².